The lowest BCUT2D eigenvalue weighted by Gasteiger charge is -2.11. The van der Waals surface area contributed by atoms with Gasteiger partial charge >= 0.3 is 0 Å². The summed E-state index contributed by atoms with van der Waals surface area (Å²) in [6.45, 7) is 0.240. The lowest BCUT2D eigenvalue weighted by atomic mass is 10.2. The van der Waals surface area contributed by atoms with Crippen molar-refractivity contribution in [3.8, 4) is 0 Å². The van der Waals surface area contributed by atoms with E-state index in [2.05, 4.69) is 4.99 Å². The molecule has 0 unspecified atom stereocenters. The van der Waals surface area contributed by atoms with Crippen LogP contribution in [0.15, 0.2) is 29.3 Å². The number of anilines is 1. The Balaban J connectivity index is 2.24. The van der Waals surface area contributed by atoms with Gasteiger partial charge in [0, 0.05) is 5.69 Å². The highest BCUT2D eigenvalue weighted by molar-refractivity contribution is 6.12. The van der Waals surface area contributed by atoms with Gasteiger partial charge in [0.05, 0.1) is 12.9 Å². The second-order valence-corrected chi connectivity index (χ2v) is 3.04. The van der Waals surface area contributed by atoms with Crippen LogP contribution < -0.4 is 4.90 Å². The number of hydrogen-bond acceptors (Lipinski definition) is 3. The zero-order valence-corrected chi connectivity index (χ0v) is 7.55. The molecule has 0 bridgehead atoms. The van der Waals surface area contributed by atoms with Crippen molar-refractivity contribution in [1.29, 1.82) is 0 Å². The lowest BCUT2D eigenvalue weighted by molar-refractivity contribution is -0.115. The van der Waals surface area contributed by atoms with Gasteiger partial charge in [-0.2, -0.15) is 0 Å². The van der Waals surface area contributed by atoms with E-state index in [9.17, 15) is 4.79 Å². The number of nitrogens with zero attached hydrogens (tertiary/aromatic N) is 2. The summed E-state index contributed by atoms with van der Waals surface area (Å²) >= 11 is 0. The maximum Gasteiger partial charge on any atom is 0.253 e. The van der Waals surface area contributed by atoms with Gasteiger partial charge in [0.25, 0.3) is 5.91 Å². The molecule has 14 heavy (non-hydrogen) atoms. The predicted octanol–water partition coefficient (Wildman–Crippen LogP) is 0.554. The van der Waals surface area contributed by atoms with E-state index in [-0.39, 0.29) is 19.1 Å². The van der Waals surface area contributed by atoms with Crippen LogP contribution in [-0.4, -0.2) is 23.9 Å². The summed E-state index contributed by atoms with van der Waals surface area (Å²) in [5.74, 6) is -0.0262. The first-order valence-electron chi connectivity index (χ1n) is 4.33. The highest BCUT2D eigenvalue weighted by atomic mass is 16.3. The number of hydrogen-bond donors (Lipinski definition) is 1. The van der Waals surface area contributed by atoms with Crippen LogP contribution >= 0.6 is 0 Å². The number of aliphatic hydroxyl groups is 1. The third-order valence-corrected chi connectivity index (χ3v) is 2.09. The first kappa shape index (κ1) is 8.90. The van der Waals surface area contributed by atoms with Crippen molar-refractivity contribution >= 4 is 17.9 Å². The van der Waals surface area contributed by atoms with E-state index in [0.717, 1.165) is 11.3 Å². The molecule has 1 N–H and O–H groups in total. The van der Waals surface area contributed by atoms with E-state index < -0.39 is 0 Å². The Bertz CT molecular complexity index is 370. The molecule has 2 rings (SSSR count). The molecule has 0 atom stereocenters. The SMILES string of the molecule is O=C1CN=CN1c1ccc(CO)cc1. The molecule has 1 heterocycles. The Kier molecular flexibility index (Phi) is 2.28. The molecule has 0 aromatic heterocycles. The summed E-state index contributed by atoms with van der Waals surface area (Å²) in [4.78, 5) is 16.6. The predicted molar refractivity (Wildman–Crippen MR) is 53.2 cm³/mol. The average Bonchev–Trinajstić information content (AvgIpc) is 2.65. The first-order chi connectivity index (χ1) is 6.81. The molecule has 4 nitrogen and oxygen atoms in total. The molecule has 72 valence electrons. The monoisotopic (exact) mass is 190 g/mol. The molecule has 1 amide bonds. The second kappa shape index (κ2) is 3.59. The molecule has 4 heteroatoms. The average molecular weight is 190 g/mol. The number of rotatable bonds is 2. The number of amides is 1. The molecule has 1 aliphatic rings. The number of benzene rings is 1. The largest absolute Gasteiger partial charge is 0.392 e. The fraction of sp³-hybridized carbons (Fsp3) is 0.200. The van der Waals surface area contributed by atoms with E-state index in [4.69, 9.17) is 5.11 Å². The zero-order valence-electron chi connectivity index (χ0n) is 7.55. The van der Waals surface area contributed by atoms with E-state index in [1.165, 1.54) is 11.2 Å². The minimum Gasteiger partial charge on any atom is -0.392 e. The third kappa shape index (κ3) is 1.52. The van der Waals surface area contributed by atoms with Crippen molar-refractivity contribution in [2.75, 3.05) is 11.4 Å². The minimum absolute atomic E-state index is 0.0162. The summed E-state index contributed by atoms with van der Waals surface area (Å²) in [5, 5.41) is 8.84. The van der Waals surface area contributed by atoms with Crippen LogP contribution in [0.4, 0.5) is 5.69 Å². The molecule has 1 aliphatic heterocycles. The molecule has 0 radical (unpaired) electrons. The van der Waals surface area contributed by atoms with Gasteiger partial charge in [0.1, 0.15) is 6.54 Å². The van der Waals surface area contributed by atoms with Crippen molar-refractivity contribution in [2.45, 2.75) is 6.61 Å². The minimum atomic E-state index is -0.0262. The van der Waals surface area contributed by atoms with Crippen LogP contribution in [0.5, 0.6) is 0 Å². The van der Waals surface area contributed by atoms with Crippen molar-refractivity contribution in [2.24, 2.45) is 4.99 Å². The van der Waals surface area contributed by atoms with Gasteiger partial charge in [-0.25, -0.2) is 0 Å². The lowest BCUT2D eigenvalue weighted by Crippen LogP contribution is -2.25. The van der Waals surface area contributed by atoms with Crippen LogP contribution in [0.1, 0.15) is 5.56 Å². The van der Waals surface area contributed by atoms with E-state index in [1.54, 1.807) is 24.3 Å². The van der Waals surface area contributed by atoms with Crippen LogP contribution in [0, 0.1) is 0 Å². The molecule has 1 aromatic carbocycles. The summed E-state index contributed by atoms with van der Waals surface area (Å²) in [5.41, 5.74) is 1.62. The van der Waals surface area contributed by atoms with Crippen LogP contribution in [0.25, 0.3) is 0 Å². The van der Waals surface area contributed by atoms with Crippen LogP contribution in [-0.2, 0) is 11.4 Å². The molecule has 0 spiro atoms. The maximum absolute atomic E-state index is 11.3. The maximum atomic E-state index is 11.3. The Hall–Kier alpha value is -1.68. The van der Waals surface area contributed by atoms with Gasteiger partial charge in [0.15, 0.2) is 0 Å². The van der Waals surface area contributed by atoms with Crippen LogP contribution in [0.2, 0.25) is 0 Å². The highest BCUT2D eigenvalue weighted by Crippen LogP contribution is 2.16. The van der Waals surface area contributed by atoms with Crippen LogP contribution in [0.3, 0.4) is 0 Å². The van der Waals surface area contributed by atoms with E-state index in [1.807, 2.05) is 0 Å². The molecule has 0 aliphatic carbocycles. The molecule has 0 saturated carbocycles. The zero-order chi connectivity index (χ0) is 9.97. The molecule has 0 saturated heterocycles. The Labute approximate surface area is 81.5 Å². The molecule has 1 aromatic rings. The number of aliphatic hydroxyl groups excluding tert-OH is 1. The summed E-state index contributed by atoms with van der Waals surface area (Å²) < 4.78 is 0. The van der Waals surface area contributed by atoms with Crippen molar-refractivity contribution in [1.82, 2.24) is 0 Å². The topological polar surface area (TPSA) is 52.9 Å². The van der Waals surface area contributed by atoms with Gasteiger partial charge in [-0.3, -0.25) is 14.7 Å². The molecule has 0 fully saturated rings. The summed E-state index contributed by atoms with van der Waals surface area (Å²) in [6, 6.07) is 7.16. The highest BCUT2D eigenvalue weighted by Gasteiger charge is 2.17. The summed E-state index contributed by atoms with van der Waals surface area (Å²) in [6.07, 6.45) is 1.52. The smallest absolute Gasteiger partial charge is 0.253 e. The van der Waals surface area contributed by atoms with Gasteiger partial charge in [0.2, 0.25) is 0 Å². The van der Waals surface area contributed by atoms with Gasteiger partial charge in [-0.05, 0) is 17.7 Å². The van der Waals surface area contributed by atoms with E-state index in [0.29, 0.717) is 0 Å². The standard InChI is InChI=1S/C10H10N2O2/c13-6-8-1-3-9(4-2-8)12-7-11-5-10(12)14/h1-4,7,13H,5-6H2. The van der Waals surface area contributed by atoms with Crippen molar-refractivity contribution < 1.29 is 9.90 Å². The number of aliphatic imine (C=N–C) groups is 1. The Morgan fingerprint density at radius 1 is 1.36 bits per heavy atom. The molecular formula is C10H10N2O2. The molecular weight excluding hydrogens is 180 g/mol. The first-order valence-corrected chi connectivity index (χ1v) is 4.33. The van der Waals surface area contributed by atoms with Gasteiger partial charge < -0.3 is 5.11 Å². The fourth-order valence-corrected chi connectivity index (χ4v) is 1.31. The van der Waals surface area contributed by atoms with Crippen molar-refractivity contribution in [3.05, 3.63) is 29.8 Å². The van der Waals surface area contributed by atoms with Gasteiger partial charge in [-0.15, -0.1) is 0 Å². The summed E-state index contributed by atoms with van der Waals surface area (Å²) in [7, 11) is 0. The van der Waals surface area contributed by atoms with E-state index >= 15 is 0 Å². The third-order valence-electron chi connectivity index (χ3n) is 2.09. The fourth-order valence-electron chi connectivity index (χ4n) is 1.31. The normalized spacial score (nSPS) is 15.2. The number of carbonyl (C=O) groups is 1. The van der Waals surface area contributed by atoms with Gasteiger partial charge in [-0.1, -0.05) is 12.1 Å². The number of carbonyl (C=O) groups excluding carboxylic acids is 1. The quantitative estimate of drug-likeness (QED) is 0.740. The second-order valence-electron chi connectivity index (χ2n) is 3.04. The Morgan fingerprint density at radius 2 is 2.07 bits per heavy atom. The Morgan fingerprint density at radius 3 is 2.57 bits per heavy atom. The van der Waals surface area contributed by atoms with Crippen molar-refractivity contribution in [3.63, 3.8) is 0 Å².